The molecule has 1 aliphatic heterocycles. The number of esters is 1. The van der Waals surface area contributed by atoms with Crippen LogP contribution in [0.3, 0.4) is 0 Å². The number of ether oxygens (including phenoxy) is 6. The maximum Gasteiger partial charge on any atom is 0.338 e. The molecule has 1 heterocycles. The normalized spacial score (nSPS) is 20.6. The number of carbonyl (C=O) groups is 1. The summed E-state index contributed by atoms with van der Waals surface area (Å²) >= 11 is 17.6. The number of benzene rings is 3. The molecule has 11 heteroatoms. The van der Waals surface area contributed by atoms with Gasteiger partial charge in [-0.3, -0.25) is 5.41 Å². The lowest BCUT2D eigenvalue weighted by molar-refractivity contribution is -0.132. The van der Waals surface area contributed by atoms with Gasteiger partial charge in [0.2, 0.25) is 12.2 Å². The van der Waals surface area contributed by atoms with Crippen molar-refractivity contribution in [3.05, 3.63) is 102 Å². The molecule has 4 rings (SSSR count). The maximum atomic E-state index is 13.0. The van der Waals surface area contributed by atoms with Crippen LogP contribution in [-0.2, 0) is 36.9 Å². The Balaban J connectivity index is 1.54. The predicted molar refractivity (Wildman–Crippen MR) is 151 cm³/mol. The molecule has 1 fully saturated rings. The monoisotopic (exact) mass is 607 g/mol. The van der Waals surface area contributed by atoms with Crippen molar-refractivity contribution >= 4 is 46.7 Å². The average Bonchev–Trinajstić information content (AvgIpc) is 3.27. The van der Waals surface area contributed by atoms with E-state index in [0.717, 1.165) is 16.9 Å². The Labute approximate surface area is 247 Å². The third-order valence-corrected chi connectivity index (χ3v) is 6.52. The van der Waals surface area contributed by atoms with Gasteiger partial charge in [-0.1, -0.05) is 95.5 Å². The molecule has 3 aromatic rings. The lowest BCUT2D eigenvalue weighted by Crippen LogP contribution is -2.42. The number of hydrogen-bond donors (Lipinski definition) is 1. The molecule has 0 saturated carbocycles. The van der Waals surface area contributed by atoms with Crippen LogP contribution in [0.2, 0.25) is 0 Å². The van der Waals surface area contributed by atoms with Gasteiger partial charge < -0.3 is 28.4 Å². The van der Waals surface area contributed by atoms with Gasteiger partial charge in [0.25, 0.3) is 3.79 Å². The van der Waals surface area contributed by atoms with Crippen LogP contribution >= 0.6 is 34.8 Å². The van der Waals surface area contributed by atoms with Crippen LogP contribution in [0.5, 0.6) is 5.75 Å². The highest BCUT2D eigenvalue weighted by Crippen LogP contribution is 2.34. The Morgan fingerprint density at radius 1 is 0.850 bits per heavy atom. The van der Waals surface area contributed by atoms with E-state index in [1.54, 1.807) is 37.4 Å². The second-order valence-electron chi connectivity index (χ2n) is 8.85. The van der Waals surface area contributed by atoms with E-state index in [2.05, 4.69) is 0 Å². The molecule has 1 N–H and O–H groups in total. The van der Waals surface area contributed by atoms with Gasteiger partial charge in [-0.2, -0.15) is 0 Å². The molecule has 212 valence electrons. The summed E-state index contributed by atoms with van der Waals surface area (Å²) in [5.74, 6) is -0.585. The van der Waals surface area contributed by atoms with Crippen molar-refractivity contribution in [2.75, 3.05) is 13.7 Å². The van der Waals surface area contributed by atoms with Crippen LogP contribution in [-0.4, -0.2) is 54.0 Å². The zero-order chi connectivity index (χ0) is 28.5. The number of carbonyl (C=O) groups excluding carboxylic acids is 1. The largest absolute Gasteiger partial charge is 0.497 e. The first-order valence-electron chi connectivity index (χ1n) is 12.3. The molecule has 0 spiro atoms. The smallest absolute Gasteiger partial charge is 0.338 e. The summed E-state index contributed by atoms with van der Waals surface area (Å²) in [4.78, 5) is 13.0. The SMILES string of the molecule is COc1ccc(COC[C@H]2O[C@H](OC(=N)C(Cl)(Cl)Cl)[C@@H](OC(=O)c3ccccc3)[C@@H]2OCc2ccccc2)cc1. The van der Waals surface area contributed by atoms with Crippen LogP contribution in [0, 0.1) is 5.41 Å². The number of alkyl halides is 3. The van der Waals surface area contributed by atoms with E-state index >= 15 is 0 Å². The molecule has 1 saturated heterocycles. The van der Waals surface area contributed by atoms with Crippen molar-refractivity contribution in [2.24, 2.45) is 0 Å². The van der Waals surface area contributed by atoms with E-state index in [1.807, 2.05) is 54.6 Å². The number of hydrogen-bond acceptors (Lipinski definition) is 8. The van der Waals surface area contributed by atoms with Gasteiger partial charge in [0.1, 0.15) is 18.0 Å². The minimum Gasteiger partial charge on any atom is -0.497 e. The van der Waals surface area contributed by atoms with Gasteiger partial charge in [-0.25, -0.2) is 4.79 Å². The Hall–Kier alpha value is -2.85. The molecule has 0 unspecified atom stereocenters. The Morgan fingerprint density at radius 3 is 2.10 bits per heavy atom. The van der Waals surface area contributed by atoms with Gasteiger partial charge in [-0.05, 0) is 35.4 Å². The topological polar surface area (TPSA) is 96.3 Å². The van der Waals surface area contributed by atoms with Crippen molar-refractivity contribution in [3.8, 4) is 5.75 Å². The van der Waals surface area contributed by atoms with Crippen molar-refractivity contribution in [1.82, 2.24) is 0 Å². The Kier molecular flexibility index (Phi) is 10.7. The number of halogens is 3. The van der Waals surface area contributed by atoms with Crippen molar-refractivity contribution in [1.29, 1.82) is 5.41 Å². The van der Waals surface area contributed by atoms with Crippen LogP contribution in [0.25, 0.3) is 0 Å². The zero-order valence-corrected chi connectivity index (χ0v) is 23.8. The number of nitrogens with one attached hydrogen (secondary N) is 1. The third kappa shape index (κ3) is 8.33. The number of methoxy groups -OCH3 is 1. The molecule has 0 aliphatic carbocycles. The molecule has 1 aliphatic rings. The second-order valence-corrected chi connectivity index (χ2v) is 11.1. The first-order valence-corrected chi connectivity index (χ1v) is 13.5. The standard InChI is InChI=1S/C29H28Cl3NO7/c1-35-22-14-12-20(13-15-22)16-36-18-23-24(37-17-19-8-4-2-5-9-19)25(27(38-23)40-28(33)29(30,31)32)39-26(34)21-10-6-3-7-11-21/h2-15,23-25,27,33H,16-18H2,1H3/t23-,24-,25+,27-/m1/s1. The summed E-state index contributed by atoms with van der Waals surface area (Å²) < 4.78 is 32.7. The van der Waals surface area contributed by atoms with E-state index in [-0.39, 0.29) is 19.8 Å². The van der Waals surface area contributed by atoms with Crippen LogP contribution < -0.4 is 4.74 Å². The summed E-state index contributed by atoms with van der Waals surface area (Å²) in [6.45, 7) is 0.531. The van der Waals surface area contributed by atoms with E-state index in [9.17, 15) is 4.79 Å². The van der Waals surface area contributed by atoms with Crippen molar-refractivity contribution < 1.29 is 33.2 Å². The van der Waals surface area contributed by atoms with Crippen LogP contribution in [0.15, 0.2) is 84.9 Å². The predicted octanol–water partition coefficient (Wildman–Crippen LogP) is 6.11. The Morgan fingerprint density at radius 2 is 1.48 bits per heavy atom. The van der Waals surface area contributed by atoms with E-state index in [0.29, 0.717) is 5.56 Å². The molecule has 4 atom stereocenters. The third-order valence-electron chi connectivity index (χ3n) is 6.01. The minimum atomic E-state index is -2.15. The lowest BCUT2D eigenvalue weighted by atomic mass is 10.1. The van der Waals surface area contributed by atoms with Gasteiger partial charge >= 0.3 is 5.97 Å². The highest BCUT2D eigenvalue weighted by molar-refractivity contribution is 6.76. The first kappa shape index (κ1) is 30.1. The van der Waals surface area contributed by atoms with Gasteiger partial charge in [0.15, 0.2) is 6.10 Å². The molecule has 0 bridgehead atoms. The molecule has 8 nitrogen and oxygen atoms in total. The van der Waals surface area contributed by atoms with E-state index in [1.165, 1.54) is 0 Å². The van der Waals surface area contributed by atoms with Gasteiger partial charge in [0.05, 0.1) is 32.5 Å². The van der Waals surface area contributed by atoms with E-state index in [4.69, 9.17) is 68.6 Å². The van der Waals surface area contributed by atoms with Crippen molar-refractivity contribution in [2.45, 2.75) is 41.6 Å². The van der Waals surface area contributed by atoms with E-state index < -0.39 is 40.3 Å². The summed E-state index contributed by atoms with van der Waals surface area (Å²) in [6, 6.07) is 25.4. The second kappa shape index (κ2) is 14.2. The first-order chi connectivity index (χ1) is 19.2. The summed E-state index contributed by atoms with van der Waals surface area (Å²) in [5, 5.41) is 8.07. The lowest BCUT2D eigenvalue weighted by Gasteiger charge is -2.25. The summed E-state index contributed by atoms with van der Waals surface area (Å²) in [7, 11) is 1.60. The van der Waals surface area contributed by atoms with Crippen LogP contribution in [0.1, 0.15) is 21.5 Å². The van der Waals surface area contributed by atoms with Crippen LogP contribution in [0.4, 0.5) is 0 Å². The highest BCUT2D eigenvalue weighted by atomic mass is 35.6. The molecule has 0 radical (unpaired) electrons. The zero-order valence-electron chi connectivity index (χ0n) is 21.5. The molecule has 3 aromatic carbocycles. The highest BCUT2D eigenvalue weighted by Gasteiger charge is 2.51. The number of rotatable bonds is 11. The Bertz CT molecular complexity index is 1240. The molecule has 0 amide bonds. The quantitative estimate of drug-likeness (QED) is 0.121. The average molecular weight is 609 g/mol. The summed E-state index contributed by atoms with van der Waals surface area (Å²) in [6.07, 6.45) is -3.99. The fourth-order valence-electron chi connectivity index (χ4n) is 3.98. The molecule has 0 aromatic heterocycles. The minimum absolute atomic E-state index is 0.0613. The fourth-order valence-corrected chi connectivity index (χ4v) is 4.11. The molecule has 40 heavy (non-hydrogen) atoms. The maximum absolute atomic E-state index is 13.0. The molecular formula is C29H28Cl3NO7. The fraction of sp³-hybridized carbons (Fsp3) is 0.310. The summed E-state index contributed by atoms with van der Waals surface area (Å²) in [5.41, 5.74) is 2.13. The van der Waals surface area contributed by atoms with Gasteiger partial charge in [0, 0.05) is 0 Å². The van der Waals surface area contributed by atoms with Crippen molar-refractivity contribution in [3.63, 3.8) is 0 Å². The van der Waals surface area contributed by atoms with Gasteiger partial charge in [-0.15, -0.1) is 0 Å². The molecular weight excluding hydrogens is 581 g/mol.